The van der Waals surface area contributed by atoms with Crippen LogP contribution in [0, 0.1) is 5.92 Å². The molecule has 1 aliphatic heterocycles. The van der Waals surface area contributed by atoms with Crippen LogP contribution in [0.25, 0.3) is 11.0 Å². The Balaban J connectivity index is 1.73. The van der Waals surface area contributed by atoms with Gasteiger partial charge in [0.15, 0.2) is 0 Å². The van der Waals surface area contributed by atoms with E-state index in [1.807, 2.05) is 56.3 Å². The summed E-state index contributed by atoms with van der Waals surface area (Å²) in [5, 5.41) is 6.33. The first-order valence-electron chi connectivity index (χ1n) is 8.90. The minimum Gasteiger partial charge on any atom is -0.273 e. The maximum absolute atomic E-state index is 12.8. The Labute approximate surface area is 166 Å². The fourth-order valence-corrected chi connectivity index (χ4v) is 3.51. The number of hydrazone groups is 1. The van der Waals surface area contributed by atoms with Crippen molar-refractivity contribution < 1.29 is 4.79 Å². The van der Waals surface area contributed by atoms with Crippen LogP contribution in [-0.2, 0) is 4.79 Å². The number of hydrogen-bond donors (Lipinski definition) is 0. The summed E-state index contributed by atoms with van der Waals surface area (Å²) in [5.41, 5.74) is 4.63. The molecule has 0 fully saturated rings. The van der Waals surface area contributed by atoms with Crippen LogP contribution in [0.2, 0.25) is 0 Å². The number of halogens is 1. The van der Waals surface area contributed by atoms with E-state index in [9.17, 15) is 4.79 Å². The Morgan fingerprint density at radius 2 is 1.78 bits per heavy atom. The Hall–Kier alpha value is -2.60. The van der Waals surface area contributed by atoms with Crippen LogP contribution >= 0.6 is 15.9 Å². The highest BCUT2D eigenvalue weighted by Gasteiger charge is 2.34. The third-order valence-electron chi connectivity index (χ3n) is 4.69. The molecule has 6 heteroatoms. The number of amides is 1. The highest BCUT2D eigenvalue weighted by atomic mass is 79.9. The molecule has 0 spiro atoms. The predicted octanol–water partition coefficient (Wildman–Crippen LogP) is 4.73. The van der Waals surface area contributed by atoms with Crippen LogP contribution in [0.4, 0.5) is 0 Å². The first-order valence-corrected chi connectivity index (χ1v) is 9.69. The van der Waals surface area contributed by atoms with Crippen LogP contribution in [0.5, 0.6) is 0 Å². The van der Waals surface area contributed by atoms with Gasteiger partial charge in [-0.1, -0.05) is 48.0 Å². The molecule has 0 N–H and O–H groups in total. The maximum atomic E-state index is 12.8. The summed E-state index contributed by atoms with van der Waals surface area (Å²) in [7, 11) is 0. The Morgan fingerprint density at radius 3 is 2.48 bits per heavy atom. The van der Waals surface area contributed by atoms with E-state index in [0.29, 0.717) is 6.42 Å². The average Bonchev–Trinajstić information content (AvgIpc) is 3.12. The van der Waals surface area contributed by atoms with Gasteiger partial charge >= 0.3 is 0 Å². The second kappa shape index (κ2) is 7.19. The van der Waals surface area contributed by atoms with Gasteiger partial charge in [-0.05, 0) is 35.4 Å². The number of fused-ring (bicyclic) bond motifs is 1. The summed E-state index contributed by atoms with van der Waals surface area (Å²) in [6, 6.07) is 13.9. The van der Waals surface area contributed by atoms with Gasteiger partial charge in [0.1, 0.15) is 0 Å². The molecule has 0 saturated heterocycles. The van der Waals surface area contributed by atoms with Gasteiger partial charge in [0, 0.05) is 29.2 Å². The summed E-state index contributed by atoms with van der Waals surface area (Å²) < 4.78 is 1.02. The van der Waals surface area contributed by atoms with E-state index < -0.39 is 0 Å². The van der Waals surface area contributed by atoms with Crippen molar-refractivity contribution in [2.75, 3.05) is 0 Å². The minimum atomic E-state index is -0.134. The van der Waals surface area contributed by atoms with E-state index in [-0.39, 0.29) is 17.9 Å². The number of benzene rings is 2. The lowest BCUT2D eigenvalue weighted by molar-refractivity contribution is -0.136. The molecule has 1 aromatic heterocycles. The summed E-state index contributed by atoms with van der Waals surface area (Å²) in [6.45, 7) is 3.80. The van der Waals surface area contributed by atoms with Gasteiger partial charge < -0.3 is 0 Å². The fraction of sp³-hybridized carbons (Fsp3) is 0.238. The van der Waals surface area contributed by atoms with Crippen LogP contribution in [0.1, 0.15) is 37.4 Å². The Morgan fingerprint density at radius 1 is 1.07 bits per heavy atom. The van der Waals surface area contributed by atoms with E-state index in [4.69, 9.17) is 5.10 Å². The molecule has 0 aliphatic carbocycles. The molecule has 1 atom stereocenters. The van der Waals surface area contributed by atoms with Crippen LogP contribution < -0.4 is 0 Å². The van der Waals surface area contributed by atoms with Crippen LogP contribution in [0.3, 0.4) is 0 Å². The number of carbonyl (C=O) groups excluding carboxylic acids is 1. The lowest BCUT2D eigenvalue weighted by Crippen LogP contribution is -2.30. The van der Waals surface area contributed by atoms with Crippen molar-refractivity contribution in [3.8, 4) is 0 Å². The third-order valence-corrected chi connectivity index (χ3v) is 5.21. The molecule has 5 nitrogen and oxygen atoms in total. The summed E-state index contributed by atoms with van der Waals surface area (Å²) in [5.74, 6) is -0.105. The second-order valence-electron chi connectivity index (χ2n) is 6.92. The SMILES string of the molecule is CC(C)C(=O)N1N=C(c2ccc(Br)cc2)C[C@@H]1c1ccc2nccnc2c1. The molecular weight excluding hydrogens is 404 g/mol. The molecule has 2 aromatic carbocycles. The average molecular weight is 423 g/mol. The predicted molar refractivity (Wildman–Crippen MR) is 109 cm³/mol. The zero-order chi connectivity index (χ0) is 19.0. The van der Waals surface area contributed by atoms with Crippen molar-refractivity contribution in [3.05, 3.63) is 70.5 Å². The van der Waals surface area contributed by atoms with Crippen molar-refractivity contribution in [1.29, 1.82) is 0 Å². The number of hydrogen-bond acceptors (Lipinski definition) is 4. The normalized spacial score (nSPS) is 16.8. The van der Waals surface area contributed by atoms with E-state index >= 15 is 0 Å². The molecule has 27 heavy (non-hydrogen) atoms. The van der Waals surface area contributed by atoms with E-state index in [1.54, 1.807) is 17.4 Å². The standard InChI is InChI=1S/C21H19BrN4O/c1-13(2)21(27)26-20(12-18(25-26)14-3-6-16(22)7-4-14)15-5-8-17-19(11-15)24-10-9-23-17/h3-11,13,20H,12H2,1-2H3/t20-/m1/s1. The van der Waals surface area contributed by atoms with E-state index in [0.717, 1.165) is 32.3 Å². The topological polar surface area (TPSA) is 58.5 Å². The Bertz CT molecular complexity index is 1030. The van der Waals surface area contributed by atoms with Crippen molar-refractivity contribution in [2.24, 2.45) is 11.0 Å². The van der Waals surface area contributed by atoms with Crippen molar-refractivity contribution in [1.82, 2.24) is 15.0 Å². The quantitative estimate of drug-likeness (QED) is 0.612. The van der Waals surface area contributed by atoms with Gasteiger partial charge in [0.25, 0.3) is 0 Å². The molecule has 1 aliphatic rings. The summed E-state index contributed by atoms with van der Waals surface area (Å²) >= 11 is 3.46. The summed E-state index contributed by atoms with van der Waals surface area (Å²) in [4.78, 5) is 21.5. The van der Waals surface area contributed by atoms with Crippen molar-refractivity contribution >= 4 is 38.6 Å². The number of aromatic nitrogens is 2. The highest BCUT2D eigenvalue weighted by Crippen LogP contribution is 2.34. The number of rotatable bonds is 3. The second-order valence-corrected chi connectivity index (χ2v) is 7.83. The maximum Gasteiger partial charge on any atom is 0.245 e. The lowest BCUT2D eigenvalue weighted by Gasteiger charge is -2.23. The first kappa shape index (κ1) is 17.8. The molecule has 1 amide bonds. The molecule has 0 bridgehead atoms. The van der Waals surface area contributed by atoms with Crippen LogP contribution in [0.15, 0.2) is 64.4 Å². The van der Waals surface area contributed by atoms with Gasteiger partial charge in [0.05, 0.1) is 22.8 Å². The number of carbonyl (C=O) groups is 1. The smallest absolute Gasteiger partial charge is 0.245 e. The Kier molecular flexibility index (Phi) is 4.74. The molecule has 4 rings (SSSR count). The largest absolute Gasteiger partial charge is 0.273 e. The van der Waals surface area contributed by atoms with Gasteiger partial charge in [-0.2, -0.15) is 5.10 Å². The van der Waals surface area contributed by atoms with Gasteiger partial charge in [-0.25, -0.2) is 5.01 Å². The lowest BCUT2D eigenvalue weighted by atomic mass is 9.97. The molecular formula is C21H19BrN4O. The zero-order valence-electron chi connectivity index (χ0n) is 15.1. The molecule has 2 heterocycles. The molecule has 0 saturated carbocycles. The van der Waals surface area contributed by atoms with Gasteiger partial charge in [-0.15, -0.1) is 0 Å². The molecule has 0 radical (unpaired) electrons. The minimum absolute atomic E-state index is 0.0198. The molecule has 0 unspecified atom stereocenters. The number of nitrogens with zero attached hydrogens (tertiary/aromatic N) is 4. The van der Waals surface area contributed by atoms with Gasteiger partial charge in [0.2, 0.25) is 5.91 Å². The van der Waals surface area contributed by atoms with E-state index in [2.05, 4.69) is 25.9 Å². The van der Waals surface area contributed by atoms with Crippen LogP contribution in [-0.4, -0.2) is 26.6 Å². The fourth-order valence-electron chi connectivity index (χ4n) is 3.24. The highest BCUT2D eigenvalue weighted by molar-refractivity contribution is 9.10. The monoisotopic (exact) mass is 422 g/mol. The molecule has 3 aromatic rings. The zero-order valence-corrected chi connectivity index (χ0v) is 16.7. The summed E-state index contributed by atoms with van der Waals surface area (Å²) in [6.07, 6.45) is 4.04. The first-order chi connectivity index (χ1) is 13.0. The third kappa shape index (κ3) is 3.49. The molecule has 136 valence electrons. The van der Waals surface area contributed by atoms with E-state index in [1.165, 1.54) is 0 Å². The van der Waals surface area contributed by atoms with Crippen molar-refractivity contribution in [2.45, 2.75) is 26.3 Å². The van der Waals surface area contributed by atoms with Gasteiger partial charge in [-0.3, -0.25) is 14.8 Å². The van der Waals surface area contributed by atoms with Crippen molar-refractivity contribution in [3.63, 3.8) is 0 Å².